The molecule has 2 aromatic carbocycles. The first-order valence-corrected chi connectivity index (χ1v) is 11.3. The quantitative estimate of drug-likeness (QED) is 0.618. The number of rotatable bonds is 7. The Morgan fingerprint density at radius 1 is 1.00 bits per heavy atom. The van der Waals surface area contributed by atoms with E-state index < -0.39 is 0 Å². The van der Waals surface area contributed by atoms with Crippen LogP contribution in [0, 0.1) is 0 Å². The molecule has 1 fully saturated rings. The van der Waals surface area contributed by atoms with Gasteiger partial charge in [0, 0.05) is 26.1 Å². The number of hydrogen-bond acceptors (Lipinski definition) is 4. The number of nitrogens with zero attached hydrogens (tertiary/aromatic N) is 3. The average molecular weight is 435 g/mol. The molecule has 0 radical (unpaired) electrons. The van der Waals surface area contributed by atoms with Crippen LogP contribution in [0.4, 0.5) is 0 Å². The molecule has 0 bridgehead atoms. The maximum absolute atomic E-state index is 13.0. The molecular weight excluding hydrogens is 404 g/mol. The number of imidazole rings is 1. The molecule has 1 saturated heterocycles. The third-order valence-electron chi connectivity index (χ3n) is 5.97. The summed E-state index contributed by atoms with van der Waals surface area (Å²) in [6, 6.07) is 15.0. The lowest BCUT2D eigenvalue weighted by Crippen LogP contribution is -2.35. The van der Waals surface area contributed by atoms with Crippen LogP contribution in [0.2, 0.25) is 0 Å². The molecule has 3 aromatic rings. The minimum Gasteiger partial charge on any atom is -0.496 e. The van der Waals surface area contributed by atoms with Gasteiger partial charge in [0.2, 0.25) is 5.91 Å². The van der Waals surface area contributed by atoms with E-state index in [9.17, 15) is 9.59 Å². The number of benzene rings is 2. The van der Waals surface area contributed by atoms with E-state index in [1.54, 1.807) is 19.2 Å². The van der Waals surface area contributed by atoms with Crippen LogP contribution in [0.3, 0.4) is 0 Å². The highest BCUT2D eigenvalue weighted by Gasteiger charge is 2.19. The van der Waals surface area contributed by atoms with E-state index in [1.165, 1.54) is 12.8 Å². The molecule has 4 rings (SSSR count). The molecule has 2 amide bonds. The van der Waals surface area contributed by atoms with Gasteiger partial charge in [-0.25, -0.2) is 4.98 Å². The summed E-state index contributed by atoms with van der Waals surface area (Å²) in [6.45, 7) is 2.35. The number of para-hydroxylation sites is 3. The molecule has 0 atom stereocenters. The number of nitrogens with one attached hydrogen (secondary N) is 1. The van der Waals surface area contributed by atoms with Crippen molar-refractivity contribution in [3.05, 3.63) is 59.9 Å². The van der Waals surface area contributed by atoms with Gasteiger partial charge in [0.1, 0.15) is 18.1 Å². The summed E-state index contributed by atoms with van der Waals surface area (Å²) in [7, 11) is 1.55. The van der Waals surface area contributed by atoms with E-state index in [-0.39, 0.29) is 18.4 Å². The van der Waals surface area contributed by atoms with Gasteiger partial charge in [-0.05, 0) is 37.1 Å². The minimum absolute atomic E-state index is 0.134. The van der Waals surface area contributed by atoms with E-state index in [4.69, 9.17) is 9.72 Å². The summed E-state index contributed by atoms with van der Waals surface area (Å²) in [5.74, 6) is 1.29. The van der Waals surface area contributed by atoms with Crippen molar-refractivity contribution in [2.75, 3.05) is 26.7 Å². The summed E-state index contributed by atoms with van der Waals surface area (Å²) < 4.78 is 7.28. The Labute approximate surface area is 188 Å². The van der Waals surface area contributed by atoms with Crippen molar-refractivity contribution in [2.24, 2.45) is 0 Å². The largest absolute Gasteiger partial charge is 0.496 e. The van der Waals surface area contributed by atoms with Gasteiger partial charge in [0.25, 0.3) is 5.91 Å². The number of fused-ring (bicyclic) bond motifs is 1. The van der Waals surface area contributed by atoms with Gasteiger partial charge in [-0.15, -0.1) is 0 Å². The molecule has 32 heavy (non-hydrogen) atoms. The summed E-state index contributed by atoms with van der Waals surface area (Å²) in [6.07, 6.45) is 5.04. The van der Waals surface area contributed by atoms with E-state index in [2.05, 4.69) is 5.32 Å². The highest BCUT2D eigenvalue weighted by atomic mass is 16.5. The van der Waals surface area contributed by atoms with Gasteiger partial charge in [0.15, 0.2) is 0 Å². The fourth-order valence-corrected chi connectivity index (χ4v) is 4.26. The number of methoxy groups -OCH3 is 1. The van der Waals surface area contributed by atoms with Crippen molar-refractivity contribution in [3.8, 4) is 5.75 Å². The highest BCUT2D eigenvalue weighted by molar-refractivity contribution is 5.96. The molecule has 0 unspecified atom stereocenters. The zero-order chi connectivity index (χ0) is 22.3. The van der Waals surface area contributed by atoms with Crippen LogP contribution in [0.5, 0.6) is 5.75 Å². The fraction of sp³-hybridized carbons (Fsp3) is 0.400. The topological polar surface area (TPSA) is 76.5 Å². The van der Waals surface area contributed by atoms with Gasteiger partial charge < -0.3 is 19.5 Å². The first-order chi connectivity index (χ1) is 15.7. The third-order valence-corrected chi connectivity index (χ3v) is 5.97. The van der Waals surface area contributed by atoms with Gasteiger partial charge in [-0.1, -0.05) is 37.1 Å². The van der Waals surface area contributed by atoms with Crippen LogP contribution < -0.4 is 10.1 Å². The lowest BCUT2D eigenvalue weighted by molar-refractivity contribution is -0.131. The molecule has 7 nitrogen and oxygen atoms in total. The van der Waals surface area contributed by atoms with Gasteiger partial charge in [0.05, 0.1) is 23.7 Å². The molecule has 2 heterocycles. The normalized spacial score (nSPS) is 14.2. The summed E-state index contributed by atoms with van der Waals surface area (Å²) in [4.78, 5) is 32.4. The Kier molecular flexibility index (Phi) is 7.04. The molecule has 0 saturated carbocycles. The second-order valence-electron chi connectivity index (χ2n) is 8.10. The zero-order valence-electron chi connectivity index (χ0n) is 18.5. The van der Waals surface area contributed by atoms with Crippen molar-refractivity contribution >= 4 is 22.8 Å². The lowest BCUT2D eigenvalue weighted by atomic mass is 10.2. The van der Waals surface area contributed by atoms with E-state index in [0.717, 1.165) is 42.8 Å². The smallest absolute Gasteiger partial charge is 0.255 e. The van der Waals surface area contributed by atoms with Crippen molar-refractivity contribution in [3.63, 3.8) is 0 Å². The molecule has 1 aliphatic heterocycles. The molecule has 1 aromatic heterocycles. The Hall–Kier alpha value is -3.35. The first-order valence-electron chi connectivity index (χ1n) is 11.3. The molecule has 7 heteroatoms. The highest BCUT2D eigenvalue weighted by Crippen LogP contribution is 2.19. The van der Waals surface area contributed by atoms with Gasteiger partial charge in [-0.2, -0.15) is 0 Å². The summed E-state index contributed by atoms with van der Waals surface area (Å²) >= 11 is 0. The number of carbonyl (C=O) groups is 2. The Morgan fingerprint density at radius 2 is 1.72 bits per heavy atom. The second kappa shape index (κ2) is 10.3. The predicted molar refractivity (Wildman–Crippen MR) is 124 cm³/mol. The Balaban J connectivity index is 1.47. The molecular formula is C25H30N4O3. The van der Waals surface area contributed by atoms with Crippen LogP contribution in [0.1, 0.15) is 41.9 Å². The van der Waals surface area contributed by atoms with E-state index >= 15 is 0 Å². The van der Waals surface area contributed by atoms with Crippen LogP contribution in [-0.2, 0) is 17.8 Å². The minimum atomic E-state index is -0.189. The Bertz CT molecular complexity index is 1080. The number of carbonyl (C=O) groups excluding carboxylic acids is 2. The number of ether oxygens (including phenoxy) is 1. The third kappa shape index (κ3) is 4.93. The van der Waals surface area contributed by atoms with Crippen LogP contribution >= 0.6 is 0 Å². The van der Waals surface area contributed by atoms with Crippen LogP contribution in [0.15, 0.2) is 48.5 Å². The van der Waals surface area contributed by atoms with E-state index in [0.29, 0.717) is 24.3 Å². The van der Waals surface area contributed by atoms with Crippen molar-refractivity contribution in [1.29, 1.82) is 0 Å². The van der Waals surface area contributed by atoms with Crippen LogP contribution in [0.25, 0.3) is 11.0 Å². The number of likely N-dealkylation sites (tertiary alicyclic amines) is 1. The Morgan fingerprint density at radius 3 is 2.50 bits per heavy atom. The molecule has 168 valence electrons. The van der Waals surface area contributed by atoms with Crippen molar-refractivity contribution < 1.29 is 14.3 Å². The molecule has 0 spiro atoms. The molecule has 1 aliphatic rings. The molecule has 0 aliphatic carbocycles. The zero-order valence-corrected chi connectivity index (χ0v) is 18.5. The maximum atomic E-state index is 13.0. The van der Waals surface area contributed by atoms with Crippen molar-refractivity contribution in [2.45, 2.75) is 38.6 Å². The average Bonchev–Trinajstić information content (AvgIpc) is 2.98. The maximum Gasteiger partial charge on any atom is 0.255 e. The van der Waals surface area contributed by atoms with Crippen LogP contribution in [-0.4, -0.2) is 53.0 Å². The van der Waals surface area contributed by atoms with Crippen molar-refractivity contribution in [1.82, 2.24) is 19.8 Å². The van der Waals surface area contributed by atoms with Gasteiger partial charge >= 0.3 is 0 Å². The standard InChI is InChI=1S/C25H30N4O3/c1-32-22-13-7-4-10-19(22)25(31)26-15-14-23-27-20-11-5-6-12-21(20)29(23)18-24(30)28-16-8-2-3-9-17-28/h4-7,10-13H,2-3,8-9,14-18H2,1H3,(H,26,31). The number of hydrogen-bond donors (Lipinski definition) is 1. The summed E-state index contributed by atoms with van der Waals surface area (Å²) in [5, 5.41) is 2.95. The first kappa shape index (κ1) is 21.9. The SMILES string of the molecule is COc1ccccc1C(=O)NCCc1nc2ccccc2n1CC(=O)N1CCCCCC1. The monoisotopic (exact) mass is 434 g/mol. The lowest BCUT2D eigenvalue weighted by Gasteiger charge is -2.21. The predicted octanol–water partition coefficient (Wildman–Crippen LogP) is 3.42. The summed E-state index contributed by atoms with van der Waals surface area (Å²) in [5.41, 5.74) is 2.31. The van der Waals surface area contributed by atoms with Gasteiger partial charge in [-0.3, -0.25) is 9.59 Å². The molecule has 1 N–H and O–H groups in total. The number of aromatic nitrogens is 2. The second-order valence-corrected chi connectivity index (χ2v) is 8.10. The fourth-order valence-electron chi connectivity index (χ4n) is 4.26. The van der Waals surface area contributed by atoms with E-state index in [1.807, 2.05) is 45.9 Å². The number of amides is 2.